The number of pyridine rings is 1. The molecule has 3 rings (SSSR count). The molecule has 0 bridgehead atoms. The van der Waals surface area contributed by atoms with E-state index < -0.39 is 5.91 Å². The third kappa shape index (κ3) is 5.77. The first-order valence-electron chi connectivity index (χ1n) is 9.73. The maximum absolute atomic E-state index is 12.5. The second-order valence-corrected chi connectivity index (χ2v) is 7.44. The van der Waals surface area contributed by atoms with Crippen molar-refractivity contribution in [2.75, 3.05) is 28.7 Å². The second-order valence-electron chi connectivity index (χ2n) is 6.47. The highest BCUT2D eigenvalue weighted by atomic mass is 32.2. The van der Waals surface area contributed by atoms with Gasteiger partial charge in [0.05, 0.1) is 29.2 Å². The number of nitrogens with two attached hydrogens (primary N) is 1. The minimum Gasteiger partial charge on any atom is -0.492 e. The van der Waals surface area contributed by atoms with Gasteiger partial charge in [0.1, 0.15) is 22.7 Å². The molecule has 0 saturated carbocycles. The van der Waals surface area contributed by atoms with Crippen molar-refractivity contribution in [3.8, 4) is 11.8 Å². The number of ether oxygens (including phenoxy) is 1. The molecule has 0 aliphatic carbocycles. The number of amides is 2. The van der Waals surface area contributed by atoms with Crippen LogP contribution in [0.25, 0.3) is 0 Å². The fourth-order valence-corrected chi connectivity index (χ4v) is 3.54. The first-order valence-corrected chi connectivity index (χ1v) is 10.7. The van der Waals surface area contributed by atoms with Gasteiger partial charge in [-0.15, -0.1) is 0 Å². The van der Waals surface area contributed by atoms with E-state index in [0.29, 0.717) is 23.7 Å². The van der Waals surface area contributed by atoms with Crippen molar-refractivity contribution in [1.82, 2.24) is 4.98 Å². The number of aromatic nitrogens is 1. The largest absolute Gasteiger partial charge is 0.492 e. The van der Waals surface area contributed by atoms with Crippen molar-refractivity contribution < 1.29 is 14.3 Å². The Labute approximate surface area is 189 Å². The lowest BCUT2D eigenvalue weighted by molar-refractivity contribution is -0.113. The minimum absolute atomic E-state index is 0.00284. The number of para-hydroxylation sites is 3. The standard InChI is InChI=1S/C23H21N5O3S/c1-2-31-19-11-7-6-10-18(19)27-20(29)14-32-23-15(13-24)12-17(21(25)28-23)22(30)26-16-8-4-3-5-9-16/h3-12H,2,14H2,1H3,(H2,25,28)(H,26,30)(H,27,29). The molecule has 0 aliphatic rings. The number of nitrogen functional groups attached to an aromatic ring is 1. The number of nitrogens with zero attached hydrogens (tertiary/aromatic N) is 2. The van der Waals surface area contributed by atoms with Crippen molar-refractivity contribution in [3.05, 3.63) is 71.8 Å². The lowest BCUT2D eigenvalue weighted by Gasteiger charge is -2.12. The number of thioether (sulfide) groups is 1. The van der Waals surface area contributed by atoms with Crippen LogP contribution in [0.2, 0.25) is 0 Å². The van der Waals surface area contributed by atoms with E-state index >= 15 is 0 Å². The highest BCUT2D eigenvalue weighted by molar-refractivity contribution is 8.00. The molecule has 9 heteroatoms. The van der Waals surface area contributed by atoms with Crippen LogP contribution in [0.1, 0.15) is 22.8 Å². The number of carbonyl (C=O) groups excluding carboxylic acids is 2. The summed E-state index contributed by atoms with van der Waals surface area (Å²) in [5, 5.41) is 15.3. The predicted octanol–water partition coefficient (Wildman–Crippen LogP) is 3.92. The van der Waals surface area contributed by atoms with Crippen LogP contribution >= 0.6 is 11.8 Å². The molecule has 1 heterocycles. The van der Waals surface area contributed by atoms with Gasteiger partial charge in [-0.25, -0.2) is 4.98 Å². The molecular weight excluding hydrogens is 426 g/mol. The van der Waals surface area contributed by atoms with E-state index in [9.17, 15) is 14.9 Å². The highest BCUT2D eigenvalue weighted by Gasteiger charge is 2.17. The first kappa shape index (κ1) is 22.7. The predicted molar refractivity (Wildman–Crippen MR) is 125 cm³/mol. The van der Waals surface area contributed by atoms with Gasteiger partial charge < -0.3 is 21.1 Å². The van der Waals surface area contributed by atoms with Gasteiger partial charge in [0.15, 0.2) is 0 Å². The van der Waals surface area contributed by atoms with Crippen LogP contribution in [0.4, 0.5) is 17.2 Å². The highest BCUT2D eigenvalue weighted by Crippen LogP contribution is 2.27. The lowest BCUT2D eigenvalue weighted by Crippen LogP contribution is -2.17. The van der Waals surface area contributed by atoms with Gasteiger partial charge in [0.25, 0.3) is 5.91 Å². The summed E-state index contributed by atoms with van der Waals surface area (Å²) in [4.78, 5) is 29.1. The van der Waals surface area contributed by atoms with Gasteiger partial charge in [-0.05, 0) is 37.3 Å². The maximum Gasteiger partial charge on any atom is 0.259 e. The molecule has 162 valence electrons. The van der Waals surface area contributed by atoms with Crippen LogP contribution in [0.15, 0.2) is 65.7 Å². The summed E-state index contributed by atoms with van der Waals surface area (Å²) in [6, 6.07) is 19.4. The molecule has 8 nitrogen and oxygen atoms in total. The van der Waals surface area contributed by atoms with Crippen molar-refractivity contribution in [1.29, 1.82) is 5.26 Å². The zero-order valence-electron chi connectivity index (χ0n) is 17.3. The zero-order valence-corrected chi connectivity index (χ0v) is 18.1. The van der Waals surface area contributed by atoms with E-state index in [1.165, 1.54) is 6.07 Å². The first-order chi connectivity index (χ1) is 15.5. The molecule has 0 aliphatic heterocycles. The van der Waals surface area contributed by atoms with Crippen LogP contribution in [0, 0.1) is 11.3 Å². The number of anilines is 3. The molecular formula is C23H21N5O3S. The summed E-state index contributed by atoms with van der Waals surface area (Å²) < 4.78 is 5.50. The van der Waals surface area contributed by atoms with Crippen molar-refractivity contribution >= 4 is 40.8 Å². The van der Waals surface area contributed by atoms with Gasteiger partial charge in [0, 0.05) is 5.69 Å². The van der Waals surface area contributed by atoms with Crippen molar-refractivity contribution in [2.24, 2.45) is 0 Å². The van der Waals surface area contributed by atoms with Crippen LogP contribution in [-0.2, 0) is 4.79 Å². The van der Waals surface area contributed by atoms with Crippen LogP contribution in [-0.4, -0.2) is 29.2 Å². The molecule has 0 atom stereocenters. The van der Waals surface area contributed by atoms with Gasteiger partial charge in [-0.1, -0.05) is 42.1 Å². The van der Waals surface area contributed by atoms with Gasteiger partial charge in [-0.3, -0.25) is 9.59 Å². The summed E-state index contributed by atoms with van der Waals surface area (Å²) in [7, 11) is 0. The topological polar surface area (TPSA) is 130 Å². The zero-order chi connectivity index (χ0) is 22.9. The van der Waals surface area contributed by atoms with Gasteiger partial charge >= 0.3 is 0 Å². The molecule has 2 aromatic carbocycles. The Kier molecular flexibility index (Phi) is 7.67. The summed E-state index contributed by atoms with van der Waals surface area (Å²) in [6.07, 6.45) is 0. The molecule has 0 unspecified atom stereocenters. The Hall–Kier alpha value is -4.03. The number of hydrogen-bond donors (Lipinski definition) is 3. The van der Waals surface area contributed by atoms with E-state index in [-0.39, 0.29) is 33.6 Å². The summed E-state index contributed by atoms with van der Waals surface area (Å²) >= 11 is 1.06. The summed E-state index contributed by atoms with van der Waals surface area (Å²) in [6.45, 7) is 2.33. The molecule has 0 radical (unpaired) electrons. The maximum atomic E-state index is 12.5. The number of rotatable bonds is 8. The fraction of sp³-hybridized carbons (Fsp3) is 0.130. The number of benzene rings is 2. The van der Waals surface area contributed by atoms with Crippen molar-refractivity contribution in [2.45, 2.75) is 11.9 Å². The van der Waals surface area contributed by atoms with E-state index in [0.717, 1.165) is 11.8 Å². The molecule has 0 fully saturated rings. The Morgan fingerprint density at radius 2 is 1.84 bits per heavy atom. The number of carbonyl (C=O) groups is 2. The molecule has 3 aromatic rings. The fourth-order valence-electron chi connectivity index (χ4n) is 2.77. The second kappa shape index (κ2) is 10.8. The van der Waals surface area contributed by atoms with Gasteiger partial charge in [-0.2, -0.15) is 5.26 Å². The van der Waals surface area contributed by atoms with E-state index in [1.807, 2.05) is 25.1 Å². The monoisotopic (exact) mass is 447 g/mol. The smallest absolute Gasteiger partial charge is 0.259 e. The molecule has 1 aromatic heterocycles. The molecule has 0 saturated heterocycles. The Balaban J connectivity index is 1.69. The minimum atomic E-state index is -0.473. The average Bonchev–Trinajstić information content (AvgIpc) is 2.79. The molecule has 0 spiro atoms. The number of nitriles is 1. The van der Waals surface area contributed by atoms with E-state index in [4.69, 9.17) is 10.5 Å². The number of hydrogen-bond acceptors (Lipinski definition) is 7. The Bertz CT molecular complexity index is 1160. The molecule has 2 amide bonds. The van der Waals surface area contributed by atoms with Crippen LogP contribution in [0.3, 0.4) is 0 Å². The average molecular weight is 448 g/mol. The quantitative estimate of drug-likeness (QED) is 0.446. The third-order valence-corrected chi connectivity index (χ3v) is 5.21. The van der Waals surface area contributed by atoms with Gasteiger partial charge in [0.2, 0.25) is 5.91 Å². The van der Waals surface area contributed by atoms with E-state index in [1.54, 1.807) is 42.5 Å². The summed E-state index contributed by atoms with van der Waals surface area (Å²) in [5.74, 6) is -0.224. The summed E-state index contributed by atoms with van der Waals surface area (Å²) in [5.41, 5.74) is 7.37. The third-order valence-electron chi connectivity index (χ3n) is 4.21. The molecule has 4 N–H and O–H groups in total. The Morgan fingerprint density at radius 3 is 2.56 bits per heavy atom. The lowest BCUT2D eigenvalue weighted by atomic mass is 10.2. The van der Waals surface area contributed by atoms with Crippen LogP contribution < -0.4 is 21.1 Å². The van der Waals surface area contributed by atoms with E-state index in [2.05, 4.69) is 15.6 Å². The van der Waals surface area contributed by atoms with Crippen LogP contribution in [0.5, 0.6) is 5.75 Å². The van der Waals surface area contributed by atoms with Crippen molar-refractivity contribution in [3.63, 3.8) is 0 Å². The SMILES string of the molecule is CCOc1ccccc1NC(=O)CSc1nc(N)c(C(=O)Nc2ccccc2)cc1C#N. The molecule has 32 heavy (non-hydrogen) atoms. The normalized spacial score (nSPS) is 10.1. The Morgan fingerprint density at radius 1 is 1.12 bits per heavy atom. The number of nitrogens with one attached hydrogen (secondary N) is 2.